The molecular formula is C35H31FN2O6. The molecule has 0 aromatic heterocycles. The molecular weight excluding hydrogens is 563 g/mol. The van der Waals surface area contributed by atoms with Crippen LogP contribution in [-0.4, -0.2) is 19.2 Å². The molecule has 1 aliphatic heterocycles. The lowest BCUT2D eigenvalue weighted by atomic mass is 9.83. The molecule has 1 heterocycles. The second-order valence-corrected chi connectivity index (χ2v) is 9.94. The normalized spacial score (nSPS) is 13.7. The van der Waals surface area contributed by atoms with Crippen molar-refractivity contribution in [1.29, 1.82) is 5.26 Å². The summed E-state index contributed by atoms with van der Waals surface area (Å²) in [5.74, 6) is 0.650. The van der Waals surface area contributed by atoms with Gasteiger partial charge in [-0.05, 0) is 73.0 Å². The zero-order chi connectivity index (χ0) is 31.1. The number of fused-ring (bicyclic) bond motifs is 1. The van der Waals surface area contributed by atoms with E-state index in [0.717, 1.165) is 17.5 Å². The summed E-state index contributed by atoms with van der Waals surface area (Å²) >= 11 is 0. The van der Waals surface area contributed by atoms with E-state index in [1.807, 2.05) is 19.9 Å². The Kier molecular flexibility index (Phi) is 9.31. The van der Waals surface area contributed by atoms with Gasteiger partial charge in [-0.2, -0.15) is 5.26 Å². The van der Waals surface area contributed by atoms with Gasteiger partial charge in [-0.15, -0.1) is 0 Å². The van der Waals surface area contributed by atoms with Crippen molar-refractivity contribution < 1.29 is 32.9 Å². The second-order valence-electron chi connectivity index (χ2n) is 9.94. The van der Waals surface area contributed by atoms with Crippen LogP contribution in [0.2, 0.25) is 0 Å². The molecule has 5 rings (SSSR count). The molecule has 8 nitrogen and oxygen atoms in total. The number of carbonyl (C=O) groups is 1. The van der Waals surface area contributed by atoms with Crippen LogP contribution in [0.15, 0.2) is 96.4 Å². The molecule has 0 saturated carbocycles. The van der Waals surface area contributed by atoms with Crippen LogP contribution in [0.3, 0.4) is 0 Å². The van der Waals surface area contributed by atoms with E-state index in [4.69, 9.17) is 29.4 Å². The first-order valence-electron chi connectivity index (χ1n) is 14.2. The molecule has 0 amide bonds. The van der Waals surface area contributed by atoms with Gasteiger partial charge < -0.3 is 29.4 Å². The fraction of sp³-hybridized carbons (Fsp3) is 0.200. The largest absolute Gasteiger partial charge is 0.494 e. The molecule has 0 radical (unpaired) electrons. The van der Waals surface area contributed by atoms with Crippen molar-refractivity contribution in [3.05, 3.63) is 124 Å². The third kappa shape index (κ3) is 6.76. The van der Waals surface area contributed by atoms with Crippen LogP contribution in [0.25, 0.3) is 0 Å². The zero-order valence-electron chi connectivity index (χ0n) is 24.3. The van der Waals surface area contributed by atoms with Crippen LogP contribution in [0.5, 0.6) is 28.7 Å². The molecule has 4 aromatic carbocycles. The van der Waals surface area contributed by atoms with Crippen LogP contribution in [0.4, 0.5) is 4.39 Å². The molecule has 4 aromatic rings. The first kappa shape index (κ1) is 30.0. The van der Waals surface area contributed by atoms with Gasteiger partial charge in [0.05, 0.1) is 24.7 Å². The molecule has 224 valence electrons. The maximum atomic E-state index is 13.3. The molecule has 1 atom stereocenters. The monoisotopic (exact) mass is 594 g/mol. The highest BCUT2D eigenvalue weighted by molar-refractivity contribution is 5.91. The van der Waals surface area contributed by atoms with E-state index >= 15 is 0 Å². The summed E-state index contributed by atoms with van der Waals surface area (Å²) < 4.78 is 42.2. The Hall–Kier alpha value is -5.49. The summed E-state index contributed by atoms with van der Waals surface area (Å²) in [6, 6.07) is 25.4. The molecule has 0 fully saturated rings. The van der Waals surface area contributed by atoms with Crippen molar-refractivity contribution in [3.63, 3.8) is 0 Å². The quantitative estimate of drug-likeness (QED) is 0.145. The van der Waals surface area contributed by atoms with Gasteiger partial charge >= 0.3 is 5.97 Å². The lowest BCUT2D eigenvalue weighted by molar-refractivity contribution is 0.0734. The van der Waals surface area contributed by atoms with Gasteiger partial charge in [-0.25, -0.2) is 9.18 Å². The highest BCUT2D eigenvalue weighted by Crippen LogP contribution is 2.45. The molecule has 2 N–H and O–H groups in total. The highest BCUT2D eigenvalue weighted by atomic mass is 19.1. The van der Waals surface area contributed by atoms with Crippen molar-refractivity contribution in [2.45, 2.75) is 32.8 Å². The Labute approximate surface area is 255 Å². The van der Waals surface area contributed by atoms with Crippen LogP contribution in [0.1, 0.15) is 53.2 Å². The number of benzene rings is 4. The molecule has 44 heavy (non-hydrogen) atoms. The van der Waals surface area contributed by atoms with E-state index in [0.29, 0.717) is 47.3 Å². The Balaban J connectivity index is 1.41. The van der Waals surface area contributed by atoms with Crippen LogP contribution in [-0.2, 0) is 6.61 Å². The van der Waals surface area contributed by atoms with Gasteiger partial charge in [0.2, 0.25) is 5.88 Å². The van der Waals surface area contributed by atoms with Gasteiger partial charge in [0.1, 0.15) is 41.3 Å². The van der Waals surface area contributed by atoms with E-state index < -0.39 is 11.9 Å². The number of halogens is 1. The van der Waals surface area contributed by atoms with Gasteiger partial charge in [-0.1, -0.05) is 37.3 Å². The zero-order valence-corrected chi connectivity index (χ0v) is 24.3. The van der Waals surface area contributed by atoms with E-state index in [1.165, 1.54) is 12.1 Å². The van der Waals surface area contributed by atoms with Crippen molar-refractivity contribution in [3.8, 4) is 34.8 Å². The molecule has 0 bridgehead atoms. The molecule has 1 unspecified atom stereocenters. The van der Waals surface area contributed by atoms with Crippen molar-refractivity contribution in [2.75, 3.05) is 13.2 Å². The average molecular weight is 595 g/mol. The molecule has 1 aliphatic rings. The summed E-state index contributed by atoms with van der Waals surface area (Å²) in [5, 5.41) is 10.0. The Morgan fingerprint density at radius 3 is 2.50 bits per heavy atom. The number of carbonyl (C=O) groups excluding carboxylic acids is 1. The Bertz CT molecular complexity index is 1730. The Morgan fingerprint density at radius 2 is 1.75 bits per heavy atom. The lowest BCUT2D eigenvalue weighted by Gasteiger charge is -2.27. The van der Waals surface area contributed by atoms with Gasteiger partial charge in [0.25, 0.3) is 0 Å². The number of hydrogen-bond donors (Lipinski definition) is 1. The van der Waals surface area contributed by atoms with E-state index in [2.05, 4.69) is 6.07 Å². The standard InChI is InChI=1S/C35H31FN2O6/c1-3-16-41-26-7-5-6-24(17-26)35(39)43-27-13-14-28-31(19-27)44-34(38)29(20-37)33(28)23-10-15-30(32(18-23)40-4-2)42-21-22-8-11-25(36)12-9-22/h5-15,17-19,33H,3-4,16,21,38H2,1-2H3. The number of rotatable bonds is 11. The fourth-order valence-corrected chi connectivity index (χ4v) is 4.77. The summed E-state index contributed by atoms with van der Waals surface area (Å²) in [6.45, 7) is 5.00. The maximum absolute atomic E-state index is 13.3. The number of hydrogen-bond acceptors (Lipinski definition) is 8. The SMILES string of the molecule is CCCOc1cccc(C(=O)Oc2ccc3c(c2)OC(N)=C(C#N)C3c2ccc(OCc3ccc(F)cc3)c(OCC)c2)c1. The van der Waals surface area contributed by atoms with E-state index in [-0.39, 0.29) is 29.6 Å². The summed E-state index contributed by atoms with van der Waals surface area (Å²) in [6.07, 6.45) is 0.846. The average Bonchev–Trinajstić information content (AvgIpc) is 3.03. The number of ether oxygens (including phenoxy) is 5. The Morgan fingerprint density at radius 1 is 0.932 bits per heavy atom. The number of nitriles is 1. The van der Waals surface area contributed by atoms with E-state index in [9.17, 15) is 14.4 Å². The number of esters is 1. The molecule has 0 saturated heterocycles. The van der Waals surface area contributed by atoms with Crippen LogP contribution in [0, 0.1) is 17.1 Å². The lowest BCUT2D eigenvalue weighted by Crippen LogP contribution is -2.21. The van der Waals surface area contributed by atoms with Gasteiger partial charge in [0.15, 0.2) is 11.5 Å². The second kappa shape index (κ2) is 13.7. The van der Waals surface area contributed by atoms with Gasteiger partial charge in [-0.3, -0.25) is 0 Å². The molecule has 0 spiro atoms. The molecule has 9 heteroatoms. The highest BCUT2D eigenvalue weighted by Gasteiger charge is 2.32. The minimum absolute atomic E-state index is 0.0520. The topological polar surface area (TPSA) is 113 Å². The number of nitrogens with two attached hydrogens (primary N) is 1. The number of allylic oxidation sites excluding steroid dienone is 1. The van der Waals surface area contributed by atoms with Crippen LogP contribution >= 0.6 is 0 Å². The minimum atomic E-state index is -0.578. The summed E-state index contributed by atoms with van der Waals surface area (Å²) in [5.41, 5.74) is 8.96. The van der Waals surface area contributed by atoms with Crippen LogP contribution < -0.4 is 29.4 Å². The van der Waals surface area contributed by atoms with Crippen molar-refractivity contribution in [1.82, 2.24) is 0 Å². The predicted molar refractivity (Wildman–Crippen MR) is 161 cm³/mol. The van der Waals surface area contributed by atoms with Crippen molar-refractivity contribution >= 4 is 5.97 Å². The third-order valence-corrected chi connectivity index (χ3v) is 6.85. The fourth-order valence-electron chi connectivity index (χ4n) is 4.77. The summed E-state index contributed by atoms with van der Waals surface area (Å²) in [7, 11) is 0. The minimum Gasteiger partial charge on any atom is -0.494 e. The smallest absolute Gasteiger partial charge is 0.343 e. The first-order valence-corrected chi connectivity index (χ1v) is 14.2. The third-order valence-electron chi connectivity index (χ3n) is 6.85. The van der Waals surface area contributed by atoms with E-state index in [1.54, 1.807) is 66.7 Å². The molecule has 0 aliphatic carbocycles. The first-order chi connectivity index (χ1) is 21.4. The summed E-state index contributed by atoms with van der Waals surface area (Å²) in [4.78, 5) is 12.9. The van der Waals surface area contributed by atoms with Gasteiger partial charge in [0, 0.05) is 11.6 Å². The van der Waals surface area contributed by atoms with Crippen molar-refractivity contribution in [2.24, 2.45) is 5.73 Å². The number of nitrogens with zero attached hydrogens (tertiary/aromatic N) is 1. The maximum Gasteiger partial charge on any atom is 0.343 e. The predicted octanol–water partition coefficient (Wildman–Crippen LogP) is 7.03.